The second kappa shape index (κ2) is 3.74. The van der Waals surface area contributed by atoms with E-state index in [1.54, 1.807) is 7.11 Å². The largest absolute Gasteiger partial charge is 0.383 e. The Morgan fingerprint density at radius 3 is 2.71 bits per heavy atom. The van der Waals surface area contributed by atoms with Gasteiger partial charge in [-0.05, 0) is 19.4 Å². The second-order valence-corrected chi connectivity index (χ2v) is 4.41. The van der Waals surface area contributed by atoms with Gasteiger partial charge in [-0.1, -0.05) is 0 Å². The Bertz CT molecular complexity index is 202. The van der Waals surface area contributed by atoms with Gasteiger partial charge in [0.2, 0.25) is 0 Å². The third-order valence-electron chi connectivity index (χ3n) is 3.32. The molecule has 1 saturated carbocycles. The average Bonchev–Trinajstić information content (AvgIpc) is 2.48. The quantitative estimate of drug-likeness (QED) is 0.697. The molecule has 0 bridgehead atoms. The molecule has 2 nitrogen and oxygen atoms in total. The maximum absolute atomic E-state index is 12.7. The van der Waals surface area contributed by atoms with E-state index in [1.807, 2.05) is 0 Å². The van der Waals surface area contributed by atoms with E-state index >= 15 is 0 Å². The Kier molecular flexibility index (Phi) is 2.75. The summed E-state index contributed by atoms with van der Waals surface area (Å²) in [4.78, 5) is 2.21. The molecule has 0 spiro atoms. The number of hydrogen-bond acceptors (Lipinski definition) is 2. The molecule has 0 radical (unpaired) electrons. The van der Waals surface area contributed by atoms with Crippen molar-refractivity contribution in [3.8, 4) is 0 Å². The molecule has 0 N–H and O–H groups in total. The van der Waals surface area contributed by atoms with Crippen molar-refractivity contribution in [2.75, 3.05) is 20.3 Å². The number of hydrogen-bond donors (Lipinski definition) is 0. The summed E-state index contributed by atoms with van der Waals surface area (Å²) in [5.74, 6) is -2.40. The summed E-state index contributed by atoms with van der Waals surface area (Å²) >= 11 is 0. The van der Waals surface area contributed by atoms with Crippen LogP contribution in [0, 0.1) is 0 Å². The van der Waals surface area contributed by atoms with Crippen LogP contribution < -0.4 is 0 Å². The van der Waals surface area contributed by atoms with Gasteiger partial charge < -0.3 is 4.74 Å². The fourth-order valence-corrected chi connectivity index (χ4v) is 2.57. The van der Waals surface area contributed by atoms with Crippen molar-refractivity contribution in [2.45, 2.75) is 43.7 Å². The van der Waals surface area contributed by atoms with Gasteiger partial charge in [0.1, 0.15) is 0 Å². The van der Waals surface area contributed by atoms with Crippen molar-refractivity contribution in [1.29, 1.82) is 0 Å². The molecule has 14 heavy (non-hydrogen) atoms. The van der Waals surface area contributed by atoms with E-state index in [0.717, 1.165) is 19.4 Å². The first kappa shape index (κ1) is 10.3. The summed E-state index contributed by atoms with van der Waals surface area (Å²) in [6.07, 6.45) is 2.31. The molecule has 1 aliphatic carbocycles. The first-order valence-electron chi connectivity index (χ1n) is 5.25. The molecule has 1 aliphatic heterocycles. The number of likely N-dealkylation sites (tertiary alicyclic amines) is 1. The number of halogens is 2. The zero-order valence-electron chi connectivity index (χ0n) is 8.51. The number of methoxy groups -OCH3 is 1. The third kappa shape index (κ3) is 1.91. The Morgan fingerprint density at radius 1 is 1.43 bits per heavy atom. The van der Waals surface area contributed by atoms with Gasteiger partial charge in [0.15, 0.2) is 0 Å². The minimum absolute atomic E-state index is 0.0488. The molecule has 2 rings (SSSR count). The lowest BCUT2D eigenvalue weighted by atomic mass is 9.86. The highest BCUT2D eigenvalue weighted by Crippen LogP contribution is 2.42. The molecular formula is C10H17F2NO. The number of nitrogens with zero attached hydrogens (tertiary/aromatic N) is 1. The Labute approximate surface area is 83.2 Å². The van der Waals surface area contributed by atoms with Crippen LogP contribution in [0.4, 0.5) is 8.78 Å². The lowest BCUT2D eigenvalue weighted by Crippen LogP contribution is -2.53. The standard InChI is InChI=1S/C10H17F2NO/c1-14-7-8-3-2-4-13(8)9-5-10(11,12)6-9/h8-9H,2-7H2,1H3. The van der Waals surface area contributed by atoms with Crippen LogP contribution in [0.25, 0.3) is 0 Å². The molecule has 1 atom stereocenters. The summed E-state index contributed by atoms with van der Waals surface area (Å²) < 4.78 is 30.5. The summed E-state index contributed by atoms with van der Waals surface area (Å²) in [6.45, 7) is 1.65. The molecule has 2 fully saturated rings. The van der Waals surface area contributed by atoms with Crippen LogP contribution in [0.3, 0.4) is 0 Å². The van der Waals surface area contributed by atoms with Crippen LogP contribution in [0.15, 0.2) is 0 Å². The highest BCUT2D eigenvalue weighted by molar-refractivity contribution is 4.97. The molecule has 82 valence electrons. The van der Waals surface area contributed by atoms with Gasteiger partial charge in [-0.2, -0.15) is 0 Å². The Balaban J connectivity index is 1.85. The molecule has 4 heteroatoms. The third-order valence-corrected chi connectivity index (χ3v) is 3.32. The van der Waals surface area contributed by atoms with Crippen LogP contribution in [0.5, 0.6) is 0 Å². The normalized spacial score (nSPS) is 33.2. The van der Waals surface area contributed by atoms with E-state index in [4.69, 9.17) is 4.74 Å². The van der Waals surface area contributed by atoms with Crippen molar-refractivity contribution in [1.82, 2.24) is 4.90 Å². The van der Waals surface area contributed by atoms with Crippen LogP contribution in [0.2, 0.25) is 0 Å². The van der Waals surface area contributed by atoms with Crippen LogP contribution in [-0.2, 0) is 4.74 Å². The van der Waals surface area contributed by atoms with Gasteiger partial charge >= 0.3 is 0 Å². The van der Waals surface area contributed by atoms with E-state index in [-0.39, 0.29) is 18.9 Å². The maximum atomic E-state index is 12.7. The summed E-state index contributed by atoms with van der Waals surface area (Å²) in [7, 11) is 1.67. The van der Waals surface area contributed by atoms with Crippen molar-refractivity contribution in [3.63, 3.8) is 0 Å². The molecule has 2 aliphatic rings. The molecular weight excluding hydrogens is 188 g/mol. The van der Waals surface area contributed by atoms with E-state index in [2.05, 4.69) is 4.90 Å². The minimum Gasteiger partial charge on any atom is -0.383 e. The first-order chi connectivity index (χ1) is 6.62. The minimum atomic E-state index is -2.40. The summed E-state index contributed by atoms with van der Waals surface area (Å²) in [6, 6.07) is 0.480. The van der Waals surface area contributed by atoms with Crippen LogP contribution in [-0.4, -0.2) is 43.2 Å². The molecule has 0 amide bonds. The molecule has 0 aromatic heterocycles. The topological polar surface area (TPSA) is 12.5 Å². The van der Waals surface area contributed by atoms with Crippen LogP contribution in [0.1, 0.15) is 25.7 Å². The molecule has 1 saturated heterocycles. The smallest absolute Gasteiger partial charge is 0.251 e. The van der Waals surface area contributed by atoms with Crippen LogP contribution >= 0.6 is 0 Å². The fraction of sp³-hybridized carbons (Fsp3) is 1.00. The van der Waals surface area contributed by atoms with Gasteiger partial charge in [-0.15, -0.1) is 0 Å². The SMILES string of the molecule is COCC1CCCN1C1CC(F)(F)C1. The van der Waals surface area contributed by atoms with E-state index in [1.165, 1.54) is 0 Å². The van der Waals surface area contributed by atoms with Gasteiger partial charge in [0.05, 0.1) is 6.61 Å². The monoisotopic (exact) mass is 205 g/mol. The van der Waals surface area contributed by atoms with Gasteiger partial charge in [-0.3, -0.25) is 4.90 Å². The van der Waals surface area contributed by atoms with Gasteiger partial charge in [-0.25, -0.2) is 8.78 Å². The lowest BCUT2D eigenvalue weighted by Gasteiger charge is -2.43. The van der Waals surface area contributed by atoms with Crippen molar-refractivity contribution in [2.24, 2.45) is 0 Å². The summed E-state index contributed by atoms with van der Waals surface area (Å²) in [5, 5.41) is 0. The number of ether oxygens (including phenoxy) is 1. The zero-order valence-corrected chi connectivity index (χ0v) is 8.51. The number of alkyl halides is 2. The highest BCUT2D eigenvalue weighted by atomic mass is 19.3. The summed E-state index contributed by atoms with van der Waals surface area (Å²) in [5.41, 5.74) is 0. The van der Waals surface area contributed by atoms with Gasteiger partial charge in [0, 0.05) is 32.0 Å². The van der Waals surface area contributed by atoms with E-state index < -0.39 is 5.92 Å². The maximum Gasteiger partial charge on any atom is 0.251 e. The molecule has 0 aromatic rings. The first-order valence-corrected chi connectivity index (χ1v) is 5.25. The van der Waals surface area contributed by atoms with E-state index in [0.29, 0.717) is 12.6 Å². The zero-order chi connectivity index (χ0) is 10.2. The highest BCUT2D eigenvalue weighted by Gasteiger charge is 2.49. The fourth-order valence-electron chi connectivity index (χ4n) is 2.57. The molecule has 0 aromatic carbocycles. The predicted molar refractivity (Wildman–Crippen MR) is 49.6 cm³/mol. The number of rotatable bonds is 3. The van der Waals surface area contributed by atoms with E-state index in [9.17, 15) is 8.78 Å². The van der Waals surface area contributed by atoms with Crippen molar-refractivity contribution in [3.05, 3.63) is 0 Å². The Hall–Kier alpha value is -0.220. The lowest BCUT2D eigenvalue weighted by molar-refractivity contribution is -0.129. The van der Waals surface area contributed by atoms with Crippen molar-refractivity contribution < 1.29 is 13.5 Å². The second-order valence-electron chi connectivity index (χ2n) is 4.41. The molecule has 1 heterocycles. The molecule has 1 unspecified atom stereocenters. The average molecular weight is 205 g/mol. The Morgan fingerprint density at radius 2 is 2.14 bits per heavy atom. The van der Waals surface area contributed by atoms with Crippen molar-refractivity contribution >= 4 is 0 Å². The van der Waals surface area contributed by atoms with Gasteiger partial charge in [0.25, 0.3) is 5.92 Å². The predicted octanol–water partition coefficient (Wildman–Crippen LogP) is 1.89.